The fourth-order valence-electron chi connectivity index (χ4n) is 2.50. The van der Waals surface area contributed by atoms with Crippen LogP contribution in [0.25, 0.3) is 0 Å². The highest BCUT2D eigenvalue weighted by molar-refractivity contribution is 5.33. The standard InChI is InChI=1S/C15H25N3O/c1-12(2)10-17(14-5-6-14)8-3-9-18-11-13(16)4-7-15(18)19/h4,7,11-12,14H,3,5-6,8-10,16H2,1-2H3. The van der Waals surface area contributed by atoms with Gasteiger partial charge in [0.2, 0.25) is 0 Å². The number of rotatable bonds is 7. The number of aryl methyl sites for hydroxylation is 1. The highest BCUT2D eigenvalue weighted by atomic mass is 16.1. The number of hydrogen-bond acceptors (Lipinski definition) is 3. The molecule has 0 unspecified atom stereocenters. The van der Waals surface area contributed by atoms with E-state index in [2.05, 4.69) is 18.7 Å². The van der Waals surface area contributed by atoms with Gasteiger partial charge in [-0.3, -0.25) is 4.79 Å². The van der Waals surface area contributed by atoms with Crippen molar-refractivity contribution in [3.63, 3.8) is 0 Å². The minimum atomic E-state index is 0.0380. The Morgan fingerprint density at radius 1 is 1.42 bits per heavy atom. The molecule has 1 aromatic heterocycles. The zero-order valence-electron chi connectivity index (χ0n) is 12.0. The first-order valence-corrected chi connectivity index (χ1v) is 7.26. The van der Waals surface area contributed by atoms with Crippen LogP contribution in [0, 0.1) is 5.92 Å². The molecule has 0 radical (unpaired) electrons. The maximum Gasteiger partial charge on any atom is 0.250 e. The molecule has 1 fully saturated rings. The van der Waals surface area contributed by atoms with Crippen molar-refractivity contribution in [2.45, 2.75) is 45.7 Å². The third-order valence-electron chi connectivity index (χ3n) is 3.51. The Labute approximate surface area is 115 Å². The summed E-state index contributed by atoms with van der Waals surface area (Å²) in [5.74, 6) is 0.704. The summed E-state index contributed by atoms with van der Waals surface area (Å²) in [6.07, 6.45) is 5.43. The van der Waals surface area contributed by atoms with Gasteiger partial charge in [0.1, 0.15) is 0 Å². The molecular formula is C15H25N3O. The molecule has 0 spiro atoms. The average molecular weight is 263 g/mol. The Morgan fingerprint density at radius 3 is 2.79 bits per heavy atom. The summed E-state index contributed by atoms with van der Waals surface area (Å²) in [6, 6.07) is 4.00. The average Bonchev–Trinajstić information content (AvgIpc) is 3.16. The number of nitrogens with zero attached hydrogens (tertiary/aromatic N) is 2. The zero-order valence-corrected chi connectivity index (χ0v) is 12.0. The summed E-state index contributed by atoms with van der Waals surface area (Å²) in [6.45, 7) is 7.52. The molecule has 2 N–H and O–H groups in total. The van der Waals surface area contributed by atoms with Crippen molar-refractivity contribution in [2.75, 3.05) is 18.8 Å². The second-order valence-electron chi connectivity index (χ2n) is 5.97. The van der Waals surface area contributed by atoms with Crippen LogP contribution in [0.15, 0.2) is 23.1 Å². The molecule has 0 aliphatic heterocycles. The molecule has 4 nitrogen and oxygen atoms in total. The van der Waals surface area contributed by atoms with Crippen LogP contribution in [-0.4, -0.2) is 28.6 Å². The molecule has 4 heteroatoms. The van der Waals surface area contributed by atoms with E-state index in [0.29, 0.717) is 11.6 Å². The first-order valence-electron chi connectivity index (χ1n) is 7.26. The van der Waals surface area contributed by atoms with E-state index >= 15 is 0 Å². The normalized spacial score (nSPS) is 15.4. The lowest BCUT2D eigenvalue weighted by atomic mass is 10.2. The summed E-state index contributed by atoms with van der Waals surface area (Å²) in [5.41, 5.74) is 6.40. The number of anilines is 1. The lowest BCUT2D eigenvalue weighted by Gasteiger charge is -2.24. The van der Waals surface area contributed by atoms with Gasteiger partial charge in [0.25, 0.3) is 5.56 Å². The van der Waals surface area contributed by atoms with Gasteiger partial charge < -0.3 is 15.2 Å². The van der Waals surface area contributed by atoms with E-state index < -0.39 is 0 Å². The molecule has 0 atom stereocenters. The van der Waals surface area contributed by atoms with E-state index in [1.54, 1.807) is 22.9 Å². The van der Waals surface area contributed by atoms with Gasteiger partial charge in [-0.05, 0) is 31.2 Å². The largest absolute Gasteiger partial charge is 0.398 e. The van der Waals surface area contributed by atoms with Crippen LogP contribution >= 0.6 is 0 Å². The highest BCUT2D eigenvalue weighted by Crippen LogP contribution is 2.27. The maximum absolute atomic E-state index is 11.7. The fraction of sp³-hybridized carbons (Fsp3) is 0.667. The molecule has 1 heterocycles. The minimum absolute atomic E-state index is 0.0380. The van der Waals surface area contributed by atoms with Crippen LogP contribution in [-0.2, 0) is 6.54 Å². The second kappa shape index (κ2) is 6.24. The van der Waals surface area contributed by atoms with E-state index in [4.69, 9.17) is 5.73 Å². The molecule has 0 aromatic carbocycles. The quantitative estimate of drug-likeness (QED) is 0.818. The van der Waals surface area contributed by atoms with Crippen LogP contribution in [0.5, 0.6) is 0 Å². The molecule has 106 valence electrons. The second-order valence-corrected chi connectivity index (χ2v) is 5.97. The topological polar surface area (TPSA) is 51.3 Å². The Kier molecular flexibility index (Phi) is 4.64. The smallest absolute Gasteiger partial charge is 0.250 e. The Balaban J connectivity index is 1.84. The molecule has 2 rings (SSSR count). The predicted molar refractivity (Wildman–Crippen MR) is 79.2 cm³/mol. The lowest BCUT2D eigenvalue weighted by Crippen LogP contribution is -2.32. The summed E-state index contributed by atoms with van der Waals surface area (Å²) >= 11 is 0. The van der Waals surface area contributed by atoms with Gasteiger partial charge in [-0.25, -0.2) is 0 Å². The van der Waals surface area contributed by atoms with E-state index in [0.717, 1.165) is 32.1 Å². The number of pyridine rings is 1. The molecule has 0 amide bonds. The van der Waals surface area contributed by atoms with Crippen LogP contribution in [0.4, 0.5) is 5.69 Å². The van der Waals surface area contributed by atoms with E-state index in [-0.39, 0.29) is 5.56 Å². The Hall–Kier alpha value is -1.29. The highest BCUT2D eigenvalue weighted by Gasteiger charge is 2.28. The van der Waals surface area contributed by atoms with Gasteiger partial charge in [0, 0.05) is 43.6 Å². The van der Waals surface area contributed by atoms with Crippen molar-refractivity contribution in [1.29, 1.82) is 0 Å². The summed E-state index contributed by atoms with van der Waals surface area (Å²) in [4.78, 5) is 14.2. The number of aromatic nitrogens is 1. The van der Waals surface area contributed by atoms with E-state index in [1.165, 1.54) is 12.8 Å². The Bertz CT molecular complexity index is 463. The van der Waals surface area contributed by atoms with Crippen molar-refractivity contribution in [3.8, 4) is 0 Å². The molecule has 1 aliphatic rings. The third-order valence-corrected chi connectivity index (χ3v) is 3.51. The Morgan fingerprint density at radius 2 is 2.16 bits per heavy atom. The number of hydrogen-bond donors (Lipinski definition) is 1. The van der Waals surface area contributed by atoms with Crippen molar-refractivity contribution in [2.24, 2.45) is 5.92 Å². The summed E-state index contributed by atoms with van der Waals surface area (Å²) in [7, 11) is 0. The number of nitrogen functional groups attached to an aromatic ring is 1. The molecule has 0 bridgehead atoms. The van der Waals surface area contributed by atoms with Gasteiger partial charge in [-0.2, -0.15) is 0 Å². The van der Waals surface area contributed by atoms with E-state index in [9.17, 15) is 4.79 Å². The van der Waals surface area contributed by atoms with Gasteiger partial charge in [-0.1, -0.05) is 13.8 Å². The molecule has 19 heavy (non-hydrogen) atoms. The van der Waals surface area contributed by atoms with Gasteiger partial charge in [0.05, 0.1) is 0 Å². The number of nitrogens with two attached hydrogens (primary N) is 1. The minimum Gasteiger partial charge on any atom is -0.398 e. The summed E-state index contributed by atoms with van der Waals surface area (Å²) < 4.78 is 1.72. The van der Waals surface area contributed by atoms with Crippen LogP contribution in [0.3, 0.4) is 0 Å². The maximum atomic E-state index is 11.7. The SMILES string of the molecule is CC(C)CN(CCCn1cc(N)ccc1=O)C1CC1. The van der Waals surface area contributed by atoms with Gasteiger partial charge in [-0.15, -0.1) is 0 Å². The molecule has 1 aliphatic carbocycles. The molecule has 1 saturated carbocycles. The van der Waals surface area contributed by atoms with Crippen molar-refractivity contribution in [1.82, 2.24) is 9.47 Å². The lowest BCUT2D eigenvalue weighted by molar-refractivity contribution is 0.227. The van der Waals surface area contributed by atoms with Crippen LogP contribution < -0.4 is 11.3 Å². The predicted octanol–water partition coefficient (Wildman–Crippen LogP) is 1.94. The van der Waals surface area contributed by atoms with Crippen molar-refractivity contribution < 1.29 is 0 Å². The fourth-order valence-corrected chi connectivity index (χ4v) is 2.50. The monoisotopic (exact) mass is 263 g/mol. The molecule has 0 saturated heterocycles. The van der Waals surface area contributed by atoms with E-state index in [1.807, 2.05) is 0 Å². The van der Waals surface area contributed by atoms with Crippen molar-refractivity contribution >= 4 is 5.69 Å². The summed E-state index contributed by atoms with van der Waals surface area (Å²) in [5, 5.41) is 0. The molecule has 1 aromatic rings. The van der Waals surface area contributed by atoms with Crippen LogP contribution in [0.1, 0.15) is 33.1 Å². The molecular weight excluding hydrogens is 238 g/mol. The van der Waals surface area contributed by atoms with Gasteiger partial charge in [0.15, 0.2) is 0 Å². The van der Waals surface area contributed by atoms with Crippen molar-refractivity contribution in [3.05, 3.63) is 28.7 Å². The first-order chi connectivity index (χ1) is 9.06. The first kappa shape index (κ1) is 14.1. The zero-order chi connectivity index (χ0) is 13.8. The van der Waals surface area contributed by atoms with Crippen LogP contribution in [0.2, 0.25) is 0 Å². The third kappa shape index (κ3) is 4.39. The van der Waals surface area contributed by atoms with Gasteiger partial charge >= 0.3 is 0 Å².